The van der Waals surface area contributed by atoms with Gasteiger partial charge in [-0.3, -0.25) is 9.59 Å². The van der Waals surface area contributed by atoms with Crippen molar-refractivity contribution in [1.82, 2.24) is 10.3 Å². The average molecular weight is 425 g/mol. The molecule has 0 radical (unpaired) electrons. The molecular weight excluding hydrogens is 398 g/mol. The molecular formula is C23H27N3O5. The van der Waals surface area contributed by atoms with Gasteiger partial charge in [-0.2, -0.15) is 5.10 Å². The van der Waals surface area contributed by atoms with E-state index in [1.165, 1.54) is 27.5 Å². The molecule has 0 spiro atoms. The van der Waals surface area contributed by atoms with E-state index in [4.69, 9.17) is 14.2 Å². The Morgan fingerprint density at radius 2 is 1.61 bits per heavy atom. The molecule has 1 fully saturated rings. The molecule has 8 nitrogen and oxygen atoms in total. The first-order valence-corrected chi connectivity index (χ1v) is 10.0. The van der Waals surface area contributed by atoms with E-state index in [1.807, 2.05) is 18.2 Å². The number of carbonyl (C=O) groups is 2. The van der Waals surface area contributed by atoms with Gasteiger partial charge >= 0.3 is 0 Å². The summed E-state index contributed by atoms with van der Waals surface area (Å²) in [5, 5.41) is 4.07. The minimum Gasteiger partial charge on any atom is -0.493 e. The summed E-state index contributed by atoms with van der Waals surface area (Å²) in [6.45, 7) is 1.09. The van der Waals surface area contributed by atoms with Gasteiger partial charge in [0, 0.05) is 30.1 Å². The third-order valence-corrected chi connectivity index (χ3v) is 5.25. The molecule has 0 aromatic heterocycles. The van der Waals surface area contributed by atoms with E-state index in [-0.39, 0.29) is 17.7 Å². The number of amides is 2. The van der Waals surface area contributed by atoms with Gasteiger partial charge in [-0.25, -0.2) is 5.43 Å². The van der Waals surface area contributed by atoms with Crippen LogP contribution in [0, 0.1) is 5.92 Å². The summed E-state index contributed by atoms with van der Waals surface area (Å²) in [5.74, 6) is 1.16. The largest absolute Gasteiger partial charge is 0.493 e. The number of hydrogen-bond acceptors (Lipinski definition) is 6. The average Bonchev–Trinajstić information content (AvgIpc) is 2.83. The van der Waals surface area contributed by atoms with Gasteiger partial charge in [-0.15, -0.1) is 0 Å². The van der Waals surface area contributed by atoms with Crippen LogP contribution in [0.4, 0.5) is 0 Å². The second kappa shape index (κ2) is 10.5. The molecule has 1 heterocycles. The Morgan fingerprint density at radius 3 is 2.16 bits per heavy atom. The summed E-state index contributed by atoms with van der Waals surface area (Å²) >= 11 is 0. The molecule has 2 aromatic rings. The smallest absolute Gasteiger partial charge is 0.253 e. The van der Waals surface area contributed by atoms with E-state index in [2.05, 4.69) is 10.5 Å². The Morgan fingerprint density at radius 1 is 1.00 bits per heavy atom. The molecule has 164 valence electrons. The van der Waals surface area contributed by atoms with Gasteiger partial charge in [-0.05, 0) is 37.1 Å². The fraction of sp³-hybridized carbons (Fsp3) is 0.348. The standard InChI is InChI=1S/C23H27N3O5/c1-29-19-13-16(14-20(30-2)21(19)31-3)15-24-25-22(27)17-9-11-26(12-10-17)23(28)18-7-5-4-6-8-18/h4-8,13-15,17H,9-12H2,1-3H3,(H,25,27)/b24-15-. The lowest BCUT2D eigenvalue weighted by Gasteiger charge is -2.31. The second-order valence-corrected chi connectivity index (χ2v) is 7.13. The first-order chi connectivity index (χ1) is 15.1. The molecule has 0 unspecified atom stereocenters. The van der Waals surface area contributed by atoms with Gasteiger partial charge < -0.3 is 19.1 Å². The number of benzene rings is 2. The summed E-state index contributed by atoms with van der Waals surface area (Å²) in [7, 11) is 4.61. The van der Waals surface area contributed by atoms with Crippen LogP contribution in [0.25, 0.3) is 0 Å². The number of hydrazone groups is 1. The first-order valence-electron chi connectivity index (χ1n) is 10.0. The third kappa shape index (κ3) is 5.33. The Kier molecular flexibility index (Phi) is 7.48. The van der Waals surface area contributed by atoms with E-state index in [0.717, 1.165) is 0 Å². The Labute approximate surface area is 181 Å². The van der Waals surface area contributed by atoms with E-state index in [1.54, 1.807) is 29.2 Å². The highest BCUT2D eigenvalue weighted by Gasteiger charge is 2.27. The van der Waals surface area contributed by atoms with Gasteiger partial charge in [0.15, 0.2) is 11.5 Å². The van der Waals surface area contributed by atoms with E-state index in [9.17, 15) is 9.59 Å². The van der Waals surface area contributed by atoms with Crippen LogP contribution in [0.2, 0.25) is 0 Å². The lowest BCUT2D eigenvalue weighted by atomic mass is 9.95. The molecule has 1 saturated heterocycles. The number of ether oxygens (including phenoxy) is 3. The maximum absolute atomic E-state index is 12.5. The van der Waals surface area contributed by atoms with Crippen LogP contribution >= 0.6 is 0 Å². The summed E-state index contributed by atoms with van der Waals surface area (Å²) < 4.78 is 15.9. The number of nitrogens with zero attached hydrogens (tertiary/aromatic N) is 2. The zero-order valence-electron chi connectivity index (χ0n) is 18.0. The molecule has 0 atom stereocenters. The summed E-state index contributed by atoms with van der Waals surface area (Å²) in [5.41, 5.74) is 3.95. The molecule has 1 aliphatic rings. The van der Waals surface area contributed by atoms with Crippen molar-refractivity contribution in [3.05, 3.63) is 53.6 Å². The highest BCUT2D eigenvalue weighted by atomic mass is 16.5. The van der Waals surface area contributed by atoms with E-state index < -0.39 is 0 Å². The number of methoxy groups -OCH3 is 3. The topological polar surface area (TPSA) is 89.5 Å². The van der Waals surface area contributed by atoms with Gasteiger partial charge in [0.1, 0.15) is 0 Å². The van der Waals surface area contributed by atoms with Crippen LogP contribution in [0.1, 0.15) is 28.8 Å². The highest BCUT2D eigenvalue weighted by Crippen LogP contribution is 2.37. The molecule has 2 amide bonds. The predicted molar refractivity (Wildman–Crippen MR) is 117 cm³/mol. The lowest BCUT2D eigenvalue weighted by Crippen LogP contribution is -2.42. The van der Waals surface area contributed by atoms with Crippen molar-refractivity contribution in [3.63, 3.8) is 0 Å². The monoisotopic (exact) mass is 425 g/mol. The number of carbonyl (C=O) groups excluding carboxylic acids is 2. The van der Waals surface area contributed by atoms with Crippen LogP contribution in [-0.2, 0) is 4.79 Å². The lowest BCUT2D eigenvalue weighted by molar-refractivity contribution is -0.126. The maximum Gasteiger partial charge on any atom is 0.253 e. The van der Waals surface area contributed by atoms with Gasteiger partial charge in [0.2, 0.25) is 11.7 Å². The molecule has 8 heteroatoms. The Balaban J connectivity index is 1.55. The van der Waals surface area contributed by atoms with Gasteiger partial charge in [0.05, 0.1) is 27.5 Å². The molecule has 1 aliphatic heterocycles. The fourth-order valence-electron chi connectivity index (χ4n) is 3.55. The first kappa shape index (κ1) is 22.1. The van der Waals surface area contributed by atoms with Crippen LogP contribution < -0.4 is 19.6 Å². The van der Waals surface area contributed by atoms with Crippen LogP contribution in [0.5, 0.6) is 17.2 Å². The molecule has 3 rings (SSSR count). The van der Waals surface area contributed by atoms with Gasteiger partial charge in [-0.1, -0.05) is 18.2 Å². The summed E-state index contributed by atoms with van der Waals surface area (Å²) in [6, 6.07) is 12.7. The molecule has 1 N–H and O–H groups in total. The van der Waals surface area contributed by atoms with E-state index in [0.29, 0.717) is 54.3 Å². The van der Waals surface area contributed by atoms with Crippen LogP contribution in [-0.4, -0.2) is 57.3 Å². The summed E-state index contributed by atoms with van der Waals surface area (Å²) in [6.07, 6.45) is 2.73. The summed E-state index contributed by atoms with van der Waals surface area (Å²) in [4.78, 5) is 26.8. The highest BCUT2D eigenvalue weighted by molar-refractivity contribution is 5.94. The predicted octanol–water partition coefficient (Wildman–Crippen LogP) is 2.71. The Bertz CT molecular complexity index is 912. The molecule has 0 saturated carbocycles. The number of nitrogens with one attached hydrogen (secondary N) is 1. The van der Waals surface area contributed by atoms with Crippen molar-refractivity contribution in [2.24, 2.45) is 11.0 Å². The molecule has 2 aromatic carbocycles. The molecule has 0 bridgehead atoms. The van der Waals surface area contributed by atoms with Crippen molar-refractivity contribution >= 4 is 18.0 Å². The SMILES string of the molecule is COc1cc(/C=N\NC(=O)C2CCN(C(=O)c3ccccc3)CC2)cc(OC)c1OC. The zero-order valence-corrected chi connectivity index (χ0v) is 18.0. The quantitative estimate of drug-likeness (QED) is 0.544. The van der Waals surface area contributed by atoms with Crippen molar-refractivity contribution in [1.29, 1.82) is 0 Å². The van der Waals surface area contributed by atoms with Crippen LogP contribution in [0.15, 0.2) is 47.6 Å². The third-order valence-electron chi connectivity index (χ3n) is 5.25. The minimum atomic E-state index is -0.183. The zero-order chi connectivity index (χ0) is 22.2. The van der Waals surface area contributed by atoms with E-state index >= 15 is 0 Å². The number of rotatable bonds is 7. The normalized spacial score (nSPS) is 14.4. The van der Waals surface area contributed by atoms with Crippen molar-refractivity contribution in [3.8, 4) is 17.2 Å². The van der Waals surface area contributed by atoms with Crippen LogP contribution in [0.3, 0.4) is 0 Å². The number of likely N-dealkylation sites (tertiary alicyclic amines) is 1. The fourth-order valence-corrected chi connectivity index (χ4v) is 3.55. The Hall–Kier alpha value is -3.55. The molecule has 0 aliphatic carbocycles. The number of piperidine rings is 1. The van der Waals surface area contributed by atoms with Gasteiger partial charge in [0.25, 0.3) is 5.91 Å². The minimum absolute atomic E-state index is 0.000112. The second-order valence-electron chi connectivity index (χ2n) is 7.13. The maximum atomic E-state index is 12.5. The van der Waals surface area contributed by atoms with Crippen molar-refractivity contribution < 1.29 is 23.8 Å². The number of hydrogen-bond donors (Lipinski definition) is 1. The van der Waals surface area contributed by atoms with Crippen molar-refractivity contribution in [2.45, 2.75) is 12.8 Å². The van der Waals surface area contributed by atoms with Crippen molar-refractivity contribution in [2.75, 3.05) is 34.4 Å². The molecule has 31 heavy (non-hydrogen) atoms.